The molecule has 0 saturated carbocycles. The Labute approximate surface area is 379 Å². The maximum Gasteiger partial charge on any atom is 0.159 e. The van der Waals surface area contributed by atoms with Gasteiger partial charge in [-0.2, -0.15) is 0 Å². The molecule has 4 heteroatoms. The largest absolute Gasteiger partial charge is 0.454 e. The Morgan fingerprint density at radius 1 is 0.477 bits per heavy atom. The molecule has 65 heavy (non-hydrogen) atoms. The van der Waals surface area contributed by atoms with Crippen LogP contribution in [0.15, 0.2) is 218 Å². The number of hydrogen-bond donors (Lipinski definition) is 0. The predicted molar refractivity (Wildman–Crippen MR) is 274 cm³/mol. The molecular formula is C61H45N3O. The molecule has 10 aromatic rings. The second kappa shape index (κ2) is 15.8. The van der Waals surface area contributed by atoms with E-state index in [0.717, 1.165) is 96.3 Å². The van der Waals surface area contributed by atoms with Crippen molar-refractivity contribution in [2.75, 3.05) is 4.90 Å². The van der Waals surface area contributed by atoms with Gasteiger partial charge in [0, 0.05) is 61.0 Å². The van der Waals surface area contributed by atoms with Crippen molar-refractivity contribution in [3.8, 4) is 56.4 Å². The van der Waals surface area contributed by atoms with Gasteiger partial charge in [-0.05, 0) is 72.2 Å². The van der Waals surface area contributed by atoms with Crippen molar-refractivity contribution in [3.05, 3.63) is 229 Å². The lowest BCUT2D eigenvalue weighted by molar-refractivity contribution is 0.485. The summed E-state index contributed by atoms with van der Waals surface area (Å²) in [6.07, 6.45) is 16.3. The van der Waals surface area contributed by atoms with Crippen LogP contribution in [0.1, 0.15) is 31.4 Å². The smallest absolute Gasteiger partial charge is 0.159 e. The molecule has 0 amide bonds. The van der Waals surface area contributed by atoms with Gasteiger partial charge >= 0.3 is 0 Å². The van der Waals surface area contributed by atoms with Gasteiger partial charge in [-0.25, -0.2) is 0 Å². The standard InChI is InChI=1S/C59H39N3O.C2H6/c1-2-7-22-43(21-6-1)60-52-28-14-10-24-48(52)56-49-25-11-15-29-53(49)61(57(56)50-26-12-16-30-54(50)60)44-36-42(39-18-4-3-5-19-39)37-45(38-44)62-51-27-13-9-23-46(51)47-35-34-41-33-32-40-20-8-17-31-55(40)63-59(41)58(47)62;1-2/h1-6,8-38H,7H2;1-2H3. The first-order valence-electron chi connectivity index (χ1n) is 22.7. The number of anilines is 2. The molecule has 3 aliphatic rings. The van der Waals surface area contributed by atoms with Crippen molar-refractivity contribution in [2.45, 2.75) is 20.3 Å². The van der Waals surface area contributed by atoms with E-state index >= 15 is 0 Å². The molecule has 0 saturated heterocycles. The van der Waals surface area contributed by atoms with Crippen LogP contribution in [0, 0.1) is 0 Å². The van der Waals surface area contributed by atoms with Crippen LogP contribution < -0.4 is 9.64 Å². The van der Waals surface area contributed by atoms with Gasteiger partial charge < -0.3 is 18.8 Å². The van der Waals surface area contributed by atoms with Gasteiger partial charge in [0.05, 0.1) is 33.6 Å². The summed E-state index contributed by atoms with van der Waals surface area (Å²) >= 11 is 0. The van der Waals surface area contributed by atoms with Gasteiger partial charge in [0.1, 0.15) is 5.75 Å². The minimum Gasteiger partial charge on any atom is -0.454 e. The highest BCUT2D eigenvalue weighted by molar-refractivity contribution is 6.14. The number of fused-ring (bicyclic) bond motifs is 13. The Morgan fingerprint density at radius 3 is 1.95 bits per heavy atom. The van der Waals surface area contributed by atoms with E-state index in [-0.39, 0.29) is 0 Å². The molecule has 310 valence electrons. The summed E-state index contributed by atoms with van der Waals surface area (Å²) in [4.78, 5) is 2.45. The average Bonchev–Trinajstić information content (AvgIpc) is 3.57. The van der Waals surface area contributed by atoms with Crippen LogP contribution in [0.25, 0.3) is 89.7 Å². The number of allylic oxidation sites excluding steroid dienone is 5. The highest BCUT2D eigenvalue weighted by Gasteiger charge is 2.32. The van der Waals surface area contributed by atoms with Gasteiger partial charge in [0.15, 0.2) is 5.75 Å². The summed E-state index contributed by atoms with van der Waals surface area (Å²) in [7, 11) is 0. The second-order valence-electron chi connectivity index (χ2n) is 16.4. The van der Waals surface area contributed by atoms with E-state index in [0.29, 0.717) is 0 Å². The predicted octanol–water partition coefficient (Wildman–Crippen LogP) is 16.9. The molecule has 0 fully saturated rings. The van der Waals surface area contributed by atoms with Gasteiger partial charge in [0.2, 0.25) is 0 Å². The maximum absolute atomic E-state index is 7.00. The van der Waals surface area contributed by atoms with Crippen molar-refractivity contribution in [3.63, 3.8) is 0 Å². The molecule has 2 aliphatic heterocycles. The van der Waals surface area contributed by atoms with E-state index in [2.05, 4.69) is 232 Å². The van der Waals surface area contributed by atoms with Crippen molar-refractivity contribution in [2.24, 2.45) is 0 Å². The molecular weight excluding hydrogens is 791 g/mol. The van der Waals surface area contributed by atoms with Crippen molar-refractivity contribution < 1.29 is 4.74 Å². The quantitative estimate of drug-likeness (QED) is 0.176. The lowest BCUT2D eigenvalue weighted by Gasteiger charge is -2.28. The molecule has 4 heterocycles. The summed E-state index contributed by atoms with van der Waals surface area (Å²) in [5, 5.41) is 3.53. The summed E-state index contributed by atoms with van der Waals surface area (Å²) in [5.41, 5.74) is 18.0. The number of rotatable bonds is 4. The van der Waals surface area contributed by atoms with Crippen molar-refractivity contribution >= 4 is 56.2 Å². The fourth-order valence-corrected chi connectivity index (χ4v) is 10.1. The van der Waals surface area contributed by atoms with E-state index in [4.69, 9.17) is 4.74 Å². The Balaban J connectivity index is 0.00000219. The topological polar surface area (TPSA) is 22.3 Å². The fraction of sp³-hybridized carbons (Fsp3) is 0.0492. The molecule has 13 rings (SSSR count). The van der Waals surface area contributed by atoms with Gasteiger partial charge in [-0.3, -0.25) is 0 Å². The number of benzene rings is 8. The number of hydrogen-bond acceptors (Lipinski definition) is 2. The van der Waals surface area contributed by atoms with Crippen molar-refractivity contribution in [1.82, 2.24) is 9.13 Å². The zero-order valence-electron chi connectivity index (χ0n) is 36.3. The van der Waals surface area contributed by atoms with E-state index in [1.54, 1.807) is 0 Å². The molecule has 0 radical (unpaired) electrons. The van der Waals surface area contributed by atoms with Gasteiger partial charge in [-0.15, -0.1) is 0 Å². The first kappa shape index (κ1) is 38.3. The van der Waals surface area contributed by atoms with Crippen LogP contribution in [0.2, 0.25) is 0 Å². The molecule has 4 nitrogen and oxygen atoms in total. The number of aromatic nitrogens is 2. The Morgan fingerprint density at radius 2 is 1.12 bits per heavy atom. The summed E-state index contributed by atoms with van der Waals surface area (Å²) in [5.74, 6) is 1.69. The lowest BCUT2D eigenvalue weighted by Crippen LogP contribution is -2.16. The first-order chi connectivity index (χ1) is 32.3. The normalized spacial score (nSPS) is 13.3. The fourth-order valence-electron chi connectivity index (χ4n) is 10.1. The van der Waals surface area contributed by atoms with Crippen LogP contribution in [-0.4, -0.2) is 9.13 Å². The van der Waals surface area contributed by atoms with E-state index < -0.39 is 0 Å². The van der Waals surface area contributed by atoms with Gasteiger partial charge in [-0.1, -0.05) is 184 Å². The maximum atomic E-state index is 7.00. The lowest BCUT2D eigenvalue weighted by atomic mass is 9.98. The van der Waals surface area contributed by atoms with Crippen LogP contribution in [0.4, 0.5) is 11.4 Å². The third kappa shape index (κ3) is 6.13. The summed E-state index contributed by atoms with van der Waals surface area (Å²) in [6, 6.07) is 66.1. The summed E-state index contributed by atoms with van der Waals surface area (Å²) in [6.45, 7) is 4.00. The third-order valence-electron chi connectivity index (χ3n) is 12.8. The Hall–Kier alpha value is -8.34. The minimum atomic E-state index is 0.844. The van der Waals surface area contributed by atoms with E-state index in [1.165, 1.54) is 27.5 Å². The molecule has 0 spiro atoms. The van der Waals surface area contributed by atoms with E-state index in [1.807, 2.05) is 19.9 Å². The highest BCUT2D eigenvalue weighted by Crippen LogP contribution is 2.54. The zero-order chi connectivity index (χ0) is 43.4. The van der Waals surface area contributed by atoms with Gasteiger partial charge in [0.25, 0.3) is 0 Å². The summed E-state index contributed by atoms with van der Waals surface area (Å²) < 4.78 is 11.9. The zero-order valence-corrected chi connectivity index (χ0v) is 36.3. The molecule has 1 aliphatic carbocycles. The number of para-hydroxylation sites is 5. The van der Waals surface area contributed by atoms with Crippen LogP contribution >= 0.6 is 0 Å². The van der Waals surface area contributed by atoms with Crippen LogP contribution in [0.5, 0.6) is 11.5 Å². The monoisotopic (exact) mass is 835 g/mol. The molecule has 2 aromatic heterocycles. The Bertz CT molecular complexity index is 3630. The third-order valence-corrected chi connectivity index (χ3v) is 12.8. The molecule has 0 atom stereocenters. The first-order valence-corrected chi connectivity index (χ1v) is 22.7. The van der Waals surface area contributed by atoms with Crippen LogP contribution in [0.3, 0.4) is 0 Å². The number of nitrogens with zero attached hydrogens (tertiary/aromatic N) is 3. The highest BCUT2D eigenvalue weighted by atomic mass is 16.5. The van der Waals surface area contributed by atoms with Crippen molar-refractivity contribution in [1.29, 1.82) is 0 Å². The molecule has 8 aromatic carbocycles. The minimum absolute atomic E-state index is 0.844. The number of ether oxygens (including phenoxy) is 1. The average molecular weight is 836 g/mol. The SMILES string of the molecule is C1=CCC=C(N2c3ccccc3-c3c(n(-c4cc(-c5ccccc5)cc(-n5c6ccccc6c6ccc7c(c65)Oc5ccccc5C=C7)c4)c4ccccc34)-c3ccccc32)C=C1.CC. The molecule has 0 unspecified atom stereocenters. The van der Waals surface area contributed by atoms with Crippen LogP contribution in [-0.2, 0) is 0 Å². The molecule has 0 bridgehead atoms. The van der Waals surface area contributed by atoms with E-state index in [9.17, 15) is 0 Å². The Kier molecular flexibility index (Phi) is 9.31. The second-order valence-corrected chi connectivity index (χ2v) is 16.4. The molecule has 0 N–H and O–H groups in total.